The Labute approximate surface area is 297 Å². The summed E-state index contributed by atoms with van der Waals surface area (Å²) < 4.78 is 55.0. The van der Waals surface area contributed by atoms with E-state index < -0.39 is 34.3 Å². The first kappa shape index (κ1) is 35.2. The van der Waals surface area contributed by atoms with Gasteiger partial charge in [0.25, 0.3) is 10.0 Å². The van der Waals surface area contributed by atoms with E-state index in [1.165, 1.54) is 35.2 Å². The number of nitrogens with one attached hydrogen (secondary N) is 1. The lowest BCUT2D eigenvalue weighted by Crippen LogP contribution is -2.55. The monoisotopic (exact) mass is 719 g/mol. The Kier molecular flexibility index (Phi) is 11.2. The van der Waals surface area contributed by atoms with Gasteiger partial charge in [0, 0.05) is 30.1 Å². The minimum atomic E-state index is -4.43. The van der Waals surface area contributed by atoms with E-state index in [0.29, 0.717) is 22.9 Å². The Hall–Kier alpha value is -4.61. The Bertz CT molecular complexity index is 1910. The molecular weight excluding hydrogens is 681 g/mol. The molecule has 0 aromatic heterocycles. The molecule has 1 fully saturated rings. The van der Waals surface area contributed by atoms with Crippen LogP contribution in [0.5, 0.6) is 11.5 Å². The molecule has 2 amide bonds. The molecule has 12 heteroatoms. The Morgan fingerprint density at radius 2 is 1.54 bits per heavy atom. The first-order chi connectivity index (χ1) is 24.2. The van der Waals surface area contributed by atoms with Crippen molar-refractivity contribution in [1.29, 1.82) is 0 Å². The molecule has 4 aromatic carbocycles. The van der Waals surface area contributed by atoms with Gasteiger partial charge in [0.2, 0.25) is 11.8 Å². The number of hydrogen-bond acceptors (Lipinski definition) is 6. The maximum absolute atomic E-state index is 14.7. The van der Waals surface area contributed by atoms with Gasteiger partial charge in [-0.2, -0.15) is 0 Å². The Morgan fingerprint density at radius 1 is 0.840 bits per heavy atom. The van der Waals surface area contributed by atoms with Crippen LogP contribution in [-0.4, -0.2) is 57.0 Å². The predicted molar refractivity (Wildman–Crippen MR) is 189 cm³/mol. The molecule has 0 radical (unpaired) electrons. The fourth-order valence-electron chi connectivity index (χ4n) is 6.38. The van der Waals surface area contributed by atoms with Crippen molar-refractivity contribution in [3.8, 4) is 11.5 Å². The summed E-state index contributed by atoms with van der Waals surface area (Å²) in [5, 5.41) is 3.64. The number of nitrogens with zero attached hydrogens (tertiary/aromatic N) is 2. The average molecular weight is 720 g/mol. The second-order valence-electron chi connectivity index (χ2n) is 12.5. The number of hydrogen-bond donors (Lipinski definition) is 1. The Morgan fingerprint density at radius 3 is 2.26 bits per heavy atom. The number of benzene rings is 4. The first-order valence-electron chi connectivity index (χ1n) is 16.7. The summed E-state index contributed by atoms with van der Waals surface area (Å²) in [5.41, 5.74) is 1.57. The summed E-state index contributed by atoms with van der Waals surface area (Å²) >= 11 is 6.34. The fourth-order valence-corrected chi connectivity index (χ4v) is 8.02. The van der Waals surface area contributed by atoms with Crippen LogP contribution in [0, 0.1) is 5.82 Å². The molecule has 0 bridgehead atoms. The van der Waals surface area contributed by atoms with Gasteiger partial charge in [0.15, 0.2) is 11.5 Å². The number of sulfonamides is 1. The Balaban J connectivity index is 1.40. The number of carbonyl (C=O) groups is 2. The van der Waals surface area contributed by atoms with Crippen LogP contribution in [0.4, 0.5) is 10.1 Å². The maximum Gasteiger partial charge on any atom is 0.264 e. The lowest BCUT2D eigenvalue weighted by atomic mass is 9.94. The van der Waals surface area contributed by atoms with Gasteiger partial charge in [-0.25, -0.2) is 12.8 Å². The highest BCUT2D eigenvalue weighted by molar-refractivity contribution is 7.92. The van der Waals surface area contributed by atoms with Gasteiger partial charge in [-0.05, 0) is 72.5 Å². The van der Waals surface area contributed by atoms with Crippen molar-refractivity contribution >= 4 is 39.1 Å². The third-order valence-electron chi connectivity index (χ3n) is 8.96. The molecule has 0 saturated heterocycles. The lowest BCUT2D eigenvalue weighted by molar-refractivity contribution is -0.140. The van der Waals surface area contributed by atoms with E-state index in [9.17, 15) is 22.4 Å². The van der Waals surface area contributed by atoms with Crippen molar-refractivity contribution in [2.75, 3.05) is 24.1 Å². The van der Waals surface area contributed by atoms with E-state index in [-0.39, 0.29) is 47.9 Å². The molecule has 9 nitrogen and oxygen atoms in total. The van der Waals surface area contributed by atoms with Crippen molar-refractivity contribution in [1.82, 2.24) is 10.2 Å². The van der Waals surface area contributed by atoms with Crippen LogP contribution < -0.4 is 19.1 Å². The molecule has 1 atom stereocenters. The molecular formula is C38H39ClFN3O6S. The number of rotatable bonds is 12. The predicted octanol–water partition coefficient (Wildman–Crippen LogP) is 6.53. The van der Waals surface area contributed by atoms with Gasteiger partial charge in [-0.3, -0.25) is 13.9 Å². The largest absolute Gasteiger partial charge is 0.486 e. The number of carbonyl (C=O) groups excluding carboxylic acids is 2. The third-order valence-corrected chi connectivity index (χ3v) is 11.0. The van der Waals surface area contributed by atoms with Crippen LogP contribution in [0.15, 0.2) is 102 Å². The second-order valence-corrected chi connectivity index (χ2v) is 14.8. The van der Waals surface area contributed by atoms with Crippen LogP contribution in [-0.2, 0) is 32.6 Å². The van der Waals surface area contributed by atoms with Crippen molar-refractivity contribution in [2.45, 2.75) is 62.0 Å². The highest BCUT2D eigenvalue weighted by atomic mass is 35.5. The SMILES string of the molecule is O=C(NC1CCCCC1)[C@H](Cc1ccccc1)N(Cc1cccc(Cl)c1)C(=O)CN(c1ccc(F)cc1)S(=O)(=O)c1ccc2c(c1)OCCO2. The normalized spacial score (nSPS) is 15.2. The molecule has 0 spiro atoms. The van der Waals surface area contributed by atoms with Crippen molar-refractivity contribution in [2.24, 2.45) is 0 Å². The highest BCUT2D eigenvalue weighted by Gasteiger charge is 2.36. The summed E-state index contributed by atoms with van der Waals surface area (Å²) in [6.45, 7) is -0.113. The number of halogens is 2. The van der Waals surface area contributed by atoms with E-state index in [1.807, 2.05) is 30.3 Å². The molecule has 2 aliphatic rings. The smallest absolute Gasteiger partial charge is 0.264 e. The molecule has 1 N–H and O–H groups in total. The summed E-state index contributed by atoms with van der Waals surface area (Å²) in [5.74, 6) is -0.858. The topological polar surface area (TPSA) is 105 Å². The molecule has 50 heavy (non-hydrogen) atoms. The van der Waals surface area contributed by atoms with Crippen LogP contribution in [0.3, 0.4) is 0 Å². The molecule has 6 rings (SSSR count). The molecule has 0 unspecified atom stereocenters. The minimum Gasteiger partial charge on any atom is -0.486 e. The maximum atomic E-state index is 14.7. The molecule has 1 aliphatic heterocycles. The molecule has 1 heterocycles. The second kappa shape index (κ2) is 15.9. The van der Waals surface area contributed by atoms with E-state index in [1.54, 1.807) is 24.3 Å². The summed E-state index contributed by atoms with van der Waals surface area (Å²) in [6, 6.07) is 24.5. The number of amides is 2. The molecule has 1 aliphatic carbocycles. The summed E-state index contributed by atoms with van der Waals surface area (Å²) in [4.78, 5) is 30.2. The first-order valence-corrected chi connectivity index (χ1v) is 18.6. The van der Waals surface area contributed by atoms with Crippen LogP contribution in [0.2, 0.25) is 5.02 Å². The standard InChI is InChI=1S/C38H39ClFN3O6S/c39-29-11-7-10-28(22-29)25-42(34(23-27-8-3-1-4-9-27)38(45)41-31-12-5-2-6-13-31)37(44)26-43(32-16-14-30(40)15-17-32)50(46,47)33-18-19-35-36(24-33)49-21-20-48-35/h1,3-4,7-11,14-19,22,24,31,34H,2,5-6,12-13,20-21,23,25-26H2,(H,41,45)/t34-/m0/s1. The van der Waals surface area contributed by atoms with Gasteiger partial charge >= 0.3 is 0 Å². The number of fused-ring (bicyclic) bond motifs is 1. The van der Waals surface area contributed by atoms with Crippen LogP contribution in [0.25, 0.3) is 0 Å². The van der Waals surface area contributed by atoms with Gasteiger partial charge < -0.3 is 19.7 Å². The average Bonchev–Trinajstić information content (AvgIpc) is 3.13. The third kappa shape index (κ3) is 8.57. The van der Waals surface area contributed by atoms with Gasteiger partial charge in [0.1, 0.15) is 31.6 Å². The summed E-state index contributed by atoms with van der Waals surface area (Å²) in [7, 11) is -4.43. The van der Waals surface area contributed by atoms with Crippen LogP contribution in [0.1, 0.15) is 43.2 Å². The number of ether oxygens (including phenoxy) is 2. The zero-order chi connectivity index (χ0) is 35.1. The lowest BCUT2D eigenvalue weighted by Gasteiger charge is -2.35. The molecule has 262 valence electrons. The van der Waals surface area contributed by atoms with E-state index >= 15 is 0 Å². The van der Waals surface area contributed by atoms with E-state index in [2.05, 4.69) is 5.32 Å². The number of anilines is 1. The zero-order valence-electron chi connectivity index (χ0n) is 27.5. The summed E-state index contributed by atoms with van der Waals surface area (Å²) in [6.07, 6.45) is 5.00. The highest BCUT2D eigenvalue weighted by Crippen LogP contribution is 2.34. The van der Waals surface area contributed by atoms with Gasteiger partial charge in [0.05, 0.1) is 10.6 Å². The van der Waals surface area contributed by atoms with E-state index in [4.69, 9.17) is 21.1 Å². The quantitative estimate of drug-likeness (QED) is 0.179. The van der Waals surface area contributed by atoms with E-state index in [0.717, 1.165) is 54.1 Å². The van der Waals surface area contributed by atoms with Crippen LogP contribution >= 0.6 is 11.6 Å². The molecule has 1 saturated carbocycles. The van der Waals surface area contributed by atoms with Crippen molar-refractivity contribution < 1.29 is 31.9 Å². The van der Waals surface area contributed by atoms with Crippen molar-refractivity contribution in [3.63, 3.8) is 0 Å². The van der Waals surface area contributed by atoms with Gasteiger partial charge in [-0.1, -0.05) is 73.3 Å². The van der Waals surface area contributed by atoms with Crippen molar-refractivity contribution in [3.05, 3.63) is 119 Å². The fraction of sp³-hybridized carbons (Fsp3) is 0.316. The van der Waals surface area contributed by atoms with Gasteiger partial charge in [-0.15, -0.1) is 0 Å². The molecule has 4 aromatic rings. The minimum absolute atomic E-state index is 0.0175. The zero-order valence-corrected chi connectivity index (χ0v) is 29.0.